The third kappa shape index (κ3) is 4.59. The normalized spacial score (nSPS) is 19.7. The lowest BCUT2D eigenvalue weighted by atomic mass is 10.1. The van der Waals surface area contributed by atoms with E-state index >= 15 is 0 Å². The molecule has 0 saturated carbocycles. The van der Waals surface area contributed by atoms with Crippen LogP contribution in [0.1, 0.15) is 39.5 Å². The monoisotopic (exact) mass is 344 g/mol. The van der Waals surface area contributed by atoms with Crippen molar-refractivity contribution in [3.63, 3.8) is 0 Å². The predicted molar refractivity (Wildman–Crippen MR) is 105 cm³/mol. The highest BCUT2D eigenvalue weighted by Gasteiger charge is 2.22. The number of urea groups is 1. The average molecular weight is 345 g/mol. The second-order valence-corrected chi connectivity index (χ2v) is 7.30. The fourth-order valence-corrected chi connectivity index (χ4v) is 3.60. The number of anilines is 2. The Hall–Kier alpha value is -1.91. The van der Waals surface area contributed by atoms with Crippen LogP contribution in [0.15, 0.2) is 24.3 Å². The zero-order valence-electron chi connectivity index (χ0n) is 15.7. The molecule has 1 aromatic rings. The fraction of sp³-hybridized carbons (Fsp3) is 0.650. The number of carbonyl (C=O) groups excluding carboxylic acids is 1. The smallest absolute Gasteiger partial charge is 0.317 e. The Kier molecular flexibility index (Phi) is 6.05. The van der Waals surface area contributed by atoms with Gasteiger partial charge in [-0.2, -0.15) is 0 Å². The van der Waals surface area contributed by atoms with Crippen molar-refractivity contribution in [3.8, 4) is 0 Å². The van der Waals surface area contributed by atoms with Crippen molar-refractivity contribution in [1.29, 1.82) is 0 Å². The topological polar surface area (TPSA) is 38.8 Å². The van der Waals surface area contributed by atoms with Crippen molar-refractivity contribution < 1.29 is 4.79 Å². The Bertz CT molecular complexity index is 545. The van der Waals surface area contributed by atoms with E-state index in [9.17, 15) is 4.79 Å². The molecule has 2 aliphatic rings. The molecule has 25 heavy (non-hydrogen) atoms. The number of benzene rings is 1. The Morgan fingerprint density at radius 1 is 0.920 bits per heavy atom. The lowest BCUT2D eigenvalue weighted by Gasteiger charge is -2.37. The number of rotatable bonds is 4. The van der Waals surface area contributed by atoms with Crippen LogP contribution in [-0.4, -0.2) is 56.2 Å². The fourth-order valence-electron chi connectivity index (χ4n) is 3.60. The first-order valence-corrected chi connectivity index (χ1v) is 9.83. The number of nitrogens with zero attached hydrogens (tertiary/aromatic N) is 3. The number of nitrogens with one attached hydrogen (secondary N) is 1. The molecule has 5 nitrogen and oxygen atoms in total. The van der Waals surface area contributed by atoms with Crippen molar-refractivity contribution in [2.75, 3.05) is 49.1 Å². The summed E-state index contributed by atoms with van der Waals surface area (Å²) in [5, 5.41) is 3.06. The molecule has 0 aliphatic carbocycles. The number of piperidine rings is 1. The van der Waals surface area contributed by atoms with Crippen molar-refractivity contribution >= 4 is 17.4 Å². The molecule has 2 aliphatic heterocycles. The molecule has 0 radical (unpaired) electrons. The van der Waals surface area contributed by atoms with Gasteiger partial charge in [-0.15, -0.1) is 0 Å². The summed E-state index contributed by atoms with van der Waals surface area (Å²) in [6.07, 6.45) is 4.95. The van der Waals surface area contributed by atoms with Crippen LogP contribution in [0.4, 0.5) is 16.2 Å². The molecule has 2 fully saturated rings. The molecule has 0 spiro atoms. The van der Waals surface area contributed by atoms with E-state index in [2.05, 4.69) is 53.2 Å². The molecule has 1 atom stereocenters. The molecule has 1 N–H and O–H groups in total. The summed E-state index contributed by atoms with van der Waals surface area (Å²) in [4.78, 5) is 19.0. The van der Waals surface area contributed by atoms with E-state index in [0.717, 1.165) is 32.6 Å². The van der Waals surface area contributed by atoms with Crippen LogP contribution in [0.3, 0.4) is 0 Å². The summed E-state index contributed by atoms with van der Waals surface area (Å²) in [6, 6.07) is 9.30. The van der Waals surface area contributed by atoms with Gasteiger partial charge in [0.15, 0.2) is 0 Å². The molecular formula is C20H32N4O. The van der Waals surface area contributed by atoms with E-state index in [-0.39, 0.29) is 12.1 Å². The summed E-state index contributed by atoms with van der Waals surface area (Å²) in [5.41, 5.74) is 2.61. The van der Waals surface area contributed by atoms with Crippen LogP contribution >= 0.6 is 0 Å². The van der Waals surface area contributed by atoms with E-state index in [1.165, 1.54) is 43.7 Å². The van der Waals surface area contributed by atoms with Crippen molar-refractivity contribution in [3.05, 3.63) is 24.3 Å². The van der Waals surface area contributed by atoms with E-state index < -0.39 is 0 Å². The molecule has 0 bridgehead atoms. The number of hydrogen-bond donors (Lipinski definition) is 1. The van der Waals surface area contributed by atoms with Gasteiger partial charge in [0.25, 0.3) is 0 Å². The minimum atomic E-state index is 0.0782. The van der Waals surface area contributed by atoms with Gasteiger partial charge in [-0.05, 0) is 56.9 Å². The molecular weight excluding hydrogens is 312 g/mol. The Morgan fingerprint density at radius 3 is 1.96 bits per heavy atom. The number of amides is 2. The minimum absolute atomic E-state index is 0.0782. The zero-order chi connectivity index (χ0) is 17.6. The van der Waals surface area contributed by atoms with E-state index in [4.69, 9.17) is 0 Å². The first-order chi connectivity index (χ1) is 12.2. The maximum absolute atomic E-state index is 12.2. The molecule has 2 saturated heterocycles. The molecule has 0 aromatic heterocycles. The highest BCUT2D eigenvalue weighted by atomic mass is 16.2. The van der Waals surface area contributed by atoms with Crippen LogP contribution in [0, 0.1) is 0 Å². The van der Waals surface area contributed by atoms with E-state index in [0.29, 0.717) is 0 Å². The number of carbonyl (C=O) groups is 1. The van der Waals surface area contributed by atoms with Crippen molar-refractivity contribution in [2.45, 2.75) is 45.6 Å². The highest BCUT2D eigenvalue weighted by molar-refractivity contribution is 5.75. The van der Waals surface area contributed by atoms with Gasteiger partial charge < -0.3 is 20.0 Å². The first-order valence-electron chi connectivity index (χ1n) is 9.83. The van der Waals surface area contributed by atoms with Crippen LogP contribution in [-0.2, 0) is 0 Å². The van der Waals surface area contributed by atoms with Crippen LogP contribution in [0.25, 0.3) is 0 Å². The molecule has 2 heterocycles. The third-order valence-electron chi connectivity index (χ3n) is 5.49. The van der Waals surface area contributed by atoms with Crippen LogP contribution < -0.4 is 15.1 Å². The van der Waals surface area contributed by atoms with Gasteiger partial charge >= 0.3 is 6.03 Å². The predicted octanol–water partition coefficient (Wildman–Crippen LogP) is 3.31. The lowest BCUT2D eigenvalue weighted by molar-refractivity contribution is 0.191. The van der Waals surface area contributed by atoms with Gasteiger partial charge in [-0.25, -0.2) is 4.79 Å². The first kappa shape index (κ1) is 17.9. The second-order valence-electron chi connectivity index (χ2n) is 7.30. The van der Waals surface area contributed by atoms with Crippen molar-refractivity contribution in [2.24, 2.45) is 0 Å². The SMILES string of the molecule is CCC(C)NC(=O)N1CCN(c2ccc(N3CCCCC3)cc2)CC1. The lowest BCUT2D eigenvalue weighted by Crippen LogP contribution is -2.53. The maximum atomic E-state index is 12.2. The molecule has 3 rings (SSSR count). The third-order valence-corrected chi connectivity index (χ3v) is 5.49. The zero-order valence-corrected chi connectivity index (χ0v) is 15.7. The van der Waals surface area contributed by atoms with Gasteiger partial charge in [0.05, 0.1) is 0 Å². The Morgan fingerprint density at radius 2 is 1.44 bits per heavy atom. The minimum Gasteiger partial charge on any atom is -0.372 e. The van der Waals surface area contributed by atoms with Crippen molar-refractivity contribution in [1.82, 2.24) is 10.2 Å². The van der Waals surface area contributed by atoms with Gasteiger partial charge in [-0.3, -0.25) is 0 Å². The summed E-state index contributed by atoms with van der Waals surface area (Å²) in [7, 11) is 0. The molecule has 138 valence electrons. The highest BCUT2D eigenvalue weighted by Crippen LogP contribution is 2.24. The molecule has 1 unspecified atom stereocenters. The van der Waals surface area contributed by atoms with Gasteiger partial charge in [-0.1, -0.05) is 6.92 Å². The van der Waals surface area contributed by atoms with Gasteiger partial charge in [0.2, 0.25) is 0 Å². The van der Waals surface area contributed by atoms with Crippen LogP contribution in [0.5, 0.6) is 0 Å². The standard InChI is InChI=1S/C20H32N4O/c1-3-17(2)21-20(25)24-15-13-23(14-16-24)19-9-7-18(8-10-19)22-11-5-4-6-12-22/h7-10,17H,3-6,11-16H2,1-2H3,(H,21,25). The Balaban J connectivity index is 1.51. The van der Waals surface area contributed by atoms with Gasteiger partial charge in [0.1, 0.15) is 0 Å². The largest absolute Gasteiger partial charge is 0.372 e. The molecule has 1 aromatic carbocycles. The molecule has 5 heteroatoms. The second kappa shape index (κ2) is 8.45. The number of hydrogen-bond acceptors (Lipinski definition) is 3. The summed E-state index contributed by atoms with van der Waals surface area (Å²) in [6.45, 7) is 9.89. The average Bonchev–Trinajstić information content (AvgIpc) is 2.69. The van der Waals surface area contributed by atoms with E-state index in [1.807, 2.05) is 4.90 Å². The van der Waals surface area contributed by atoms with E-state index in [1.54, 1.807) is 0 Å². The summed E-state index contributed by atoms with van der Waals surface area (Å²) in [5.74, 6) is 0. The quantitative estimate of drug-likeness (QED) is 0.911. The van der Waals surface area contributed by atoms with Crippen LogP contribution in [0.2, 0.25) is 0 Å². The number of piperazine rings is 1. The molecule has 2 amide bonds. The Labute approximate surface area is 152 Å². The maximum Gasteiger partial charge on any atom is 0.317 e. The summed E-state index contributed by atoms with van der Waals surface area (Å²) >= 11 is 0. The summed E-state index contributed by atoms with van der Waals surface area (Å²) < 4.78 is 0. The van der Waals surface area contributed by atoms with Gasteiger partial charge in [0, 0.05) is 56.7 Å².